The van der Waals surface area contributed by atoms with Gasteiger partial charge in [0.2, 0.25) is 5.91 Å². The first kappa shape index (κ1) is 13.4. The number of likely N-dealkylation sites (N-methyl/N-ethyl adjacent to an activating group) is 1. The van der Waals surface area contributed by atoms with Crippen LogP contribution in [0.1, 0.15) is 41.0 Å². The van der Waals surface area contributed by atoms with Crippen LogP contribution in [0.15, 0.2) is 0 Å². The van der Waals surface area contributed by atoms with Gasteiger partial charge in [0, 0.05) is 19.5 Å². The molecule has 1 amide bonds. The van der Waals surface area contributed by atoms with E-state index in [1.807, 2.05) is 20.8 Å². The first-order valence-corrected chi connectivity index (χ1v) is 5.26. The molecule has 3 heteroatoms. The second kappa shape index (κ2) is 5.35. The van der Waals surface area contributed by atoms with E-state index in [0.717, 1.165) is 0 Å². The number of nitrogens with zero attached hydrogens (tertiary/aromatic N) is 1. The Morgan fingerprint density at radius 3 is 2.21 bits per heavy atom. The fraction of sp³-hybridized carbons (Fsp3) is 0.909. The zero-order valence-electron chi connectivity index (χ0n) is 10.0. The fourth-order valence-corrected chi connectivity index (χ4v) is 1.32. The van der Waals surface area contributed by atoms with E-state index in [9.17, 15) is 9.90 Å². The van der Waals surface area contributed by atoms with Gasteiger partial charge < -0.3 is 10.0 Å². The Kier molecular flexibility index (Phi) is 5.13. The molecule has 0 spiro atoms. The molecule has 0 atom stereocenters. The number of carbonyl (C=O) groups excluding carboxylic acids is 1. The molecule has 0 saturated carbocycles. The van der Waals surface area contributed by atoms with Gasteiger partial charge in [-0.1, -0.05) is 13.8 Å². The van der Waals surface area contributed by atoms with E-state index in [0.29, 0.717) is 25.4 Å². The summed E-state index contributed by atoms with van der Waals surface area (Å²) in [6.45, 7) is 10.5. The minimum Gasteiger partial charge on any atom is -0.389 e. The molecule has 0 unspecified atom stereocenters. The predicted octanol–water partition coefficient (Wildman–Crippen LogP) is 1.65. The summed E-state index contributed by atoms with van der Waals surface area (Å²) in [7, 11) is 0. The molecule has 0 radical (unpaired) electrons. The lowest BCUT2D eigenvalue weighted by atomic mass is 10.1. The van der Waals surface area contributed by atoms with Gasteiger partial charge in [-0.3, -0.25) is 4.79 Å². The van der Waals surface area contributed by atoms with Gasteiger partial charge in [-0.05, 0) is 26.7 Å². The number of rotatable bonds is 5. The number of aliphatic hydroxyl groups is 1. The third kappa shape index (κ3) is 5.97. The minimum absolute atomic E-state index is 0.129. The van der Waals surface area contributed by atoms with Gasteiger partial charge in [0.25, 0.3) is 0 Å². The molecule has 0 aromatic rings. The standard InChI is InChI=1S/C11H23NO2/c1-6-12(8-11(4,5)14)10(13)7-9(2)3/h9,14H,6-8H2,1-5H3. The fourth-order valence-electron chi connectivity index (χ4n) is 1.32. The second-order valence-corrected chi connectivity index (χ2v) is 4.82. The van der Waals surface area contributed by atoms with Crippen molar-refractivity contribution in [3.63, 3.8) is 0 Å². The summed E-state index contributed by atoms with van der Waals surface area (Å²) in [6, 6.07) is 0. The molecule has 0 heterocycles. The van der Waals surface area contributed by atoms with Gasteiger partial charge in [0.05, 0.1) is 5.60 Å². The van der Waals surface area contributed by atoms with E-state index in [1.54, 1.807) is 18.7 Å². The van der Waals surface area contributed by atoms with Gasteiger partial charge in [0.1, 0.15) is 0 Å². The molecule has 84 valence electrons. The summed E-state index contributed by atoms with van der Waals surface area (Å²) in [5, 5.41) is 9.61. The van der Waals surface area contributed by atoms with E-state index in [2.05, 4.69) is 0 Å². The third-order valence-electron chi connectivity index (χ3n) is 1.90. The maximum absolute atomic E-state index is 11.7. The van der Waals surface area contributed by atoms with Gasteiger partial charge in [0.15, 0.2) is 0 Å². The molecule has 0 saturated heterocycles. The lowest BCUT2D eigenvalue weighted by Gasteiger charge is -2.28. The normalized spacial score (nSPS) is 11.9. The lowest BCUT2D eigenvalue weighted by molar-refractivity contribution is -0.134. The summed E-state index contributed by atoms with van der Waals surface area (Å²) >= 11 is 0. The summed E-state index contributed by atoms with van der Waals surface area (Å²) in [5.74, 6) is 0.503. The molecule has 0 aliphatic heterocycles. The Labute approximate surface area is 87.1 Å². The second-order valence-electron chi connectivity index (χ2n) is 4.82. The Bertz CT molecular complexity index is 182. The topological polar surface area (TPSA) is 40.5 Å². The van der Waals surface area contributed by atoms with E-state index in [1.165, 1.54) is 0 Å². The molecule has 0 aliphatic rings. The Hall–Kier alpha value is -0.570. The molecule has 0 aromatic carbocycles. The first-order valence-electron chi connectivity index (χ1n) is 5.26. The van der Waals surface area contributed by atoms with Crippen LogP contribution in [-0.2, 0) is 4.79 Å². The van der Waals surface area contributed by atoms with Crippen LogP contribution in [0.4, 0.5) is 0 Å². The van der Waals surface area contributed by atoms with Crippen molar-refractivity contribution in [1.82, 2.24) is 4.90 Å². The molecule has 0 aromatic heterocycles. The van der Waals surface area contributed by atoms with Crippen molar-refractivity contribution in [2.45, 2.75) is 46.6 Å². The van der Waals surface area contributed by atoms with Crippen LogP contribution in [0.3, 0.4) is 0 Å². The third-order valence-corrected chi connectivity index (χ3v) is 1.90. The molecule has 0 aliphatic carbocycles. The monoisotopic (exact) mass is 201 g/mol. The van der Waals surface area contributed by atoms with Crippen molar-refractivity contribution in [3.05, 3.63) is 0 Å². The molecule has 1 N–H and O–H groups in total. The molecular weight excluding hydrogens is 178 g/mol. The van der Waals surface area contributed by atoms with Gasteiger partial charge in [-0.25, -0.2) is 0 Å². The summed E-state index contributed by atoms with van der Waals surface area (Å²) in [4.78, 5) is 13.4. The Morgan fingerprint density at radius 1 is 1.43 bits per heavy atom. The maximum atomic E-state index is 11.7. The number of hydrogen-bond acceptors (Lipinski definition) is 2. The molecule has 0 rings (SSSR count). The van der Waals surface area contributed by atoms with Crippen molar-refractivity contribution < 1.29 is 9.90 Å². The summed E-state index contributed by atoms with van der Waals surface area (Å²) in [6.07, 6.45) is 0.559. The minimum atomic E-state index is -0.803. The van der Waals surface area contributed by atoms with Crippen LogP contribution < -0.4 is 0 Å². The Morgan fingerprint density at radius 2 is 1.93 bits per heavy atom. The highest BCUT2D eigenvalue weighted by molar-refractivity contribution is 5.76. The van der Waals surface area contributed by atoms with Crippen molar-refractivity contribution >= 4 is 5.91 Å². The average Bonchev–Trinajstić information content (AvgIpc) is 1.96. The van der Waals surface area contributed by atoms with E-state index >= 15 is 0 Å². The van der Waals surface area contributed by atoms with Crippen LogP contribution in [-0.4, -0.2) is 34.6 Å². The smallest absolute Gasteiger partial charge is 0.222 e. The zero-order chi connectivity index (χ0) is 11.4. The quantitative estimate of drug-likeness (QED) is 0.734. The van der Waals surface area contributed by atoms with Crippen LogP contribution in [0, 0.1) is 5.92 Å². The molecule has 3 nitrogen and oxygen atoms in total. The van der Waals surface area contributed by atoms with E-state index in [-0.39, 0.29) is 5.91 Å². The van der Waals surface area contributed by atoms with E-state index in [4.69, 9.17) is 0 Å². The highest BCUT2D eigenvalue weighted by atomic mass is 16.3. The van der Waals surface area contributed by atoms with Crippen molar-refractivity contribution in [2.24, 2.45) is 5.92 Å². The van der Waals surface area contributed by atoms with Gasteiger partial charge in [-0.2, -0.15) is 0 Å². The molecule has 0 fully saturated rings. The number of hydrogen-bond donors (Lipinski definition) is 1. The number of amides is 1. The van der Waals surface area contributed by atoms with E-state index < -0.39 is 5.60 Å². The SMILES string of the molecule is CCN(CC(C)(C)O)C(=O)CC(C)C. The average molecular weight is 201 g/mol. The molecule has 0 bridgehead atoms. The van der Waals surface area contributed by atoms with Crippen molar-refractivity contribution in [2.75, 3.05) is 13.1 Å². The largest absolute Gasteiger partial charge is 0.389 e. The van der Waals surface area contributed by atoms with Gasteiger partial charge >= 0.3 is 0 Å². The summed E-state index contributed by atoms with van der Waals surface area (Å²) in [5.41, 5.74) is -0.803. The predicted molar refractivity (Wildman–Crippen MR) is 58.0 cm³/mol. The zero-order valence-corrected chi connectivity index (χ0v) is 10.0. The van der Waals surface area contributed by atoms with Crippen LogP contribution in [0.2, 0.25) is 0 Å². The molecular formula is C11H23NO2. The highest BCUT2D eigenvalue weighted by Gasteiger charge is 2.21. The lowest BCUT2D eigenvalue weighted by Crippen LogP contribution is -2.42. The number of carbonyl (C=O) groups is 1. The van der Waals surface area contributed by atoms with Crippen LogP contribution in [0.25, 0.3) is 0 Å². The first-order chi connectivity index (χ1) is 6.26. The van der Waals surface area contributed by atoms with Crippen molar-refractivity contribution in [1.29, 1.82) is 0 Å². The summed E-state index contributed by atoms with van der Waals surface area (Å²) < 4.78 is 0. The Balaban J connectivity index is 4.20. The van der Waals surface area contributed by atoms with Crippen LogP contribution in [0.5, 0.6) is 0 Å². The van der Waals surface area contributed by atoms with Crippen molar-refractivity contribution in [3.8, 4) is 0 Å². The maximum Gasteiger partial charge on any atom is 0.222 e. The van der Waals surface area contributed by atoms with Gasteiger partial charge in [-0.15, -0.1) is 0 Å². The van der Waals surface area contributed by atoms with Crippen LogP contribution >= 0.6 is 0 Å². The highest BCUT2D eigenvalue weighted by Crippen LogP contribution is 2.09. The molecule has 14 heavy (non-hydrogen) atoms.